The molecule has 1 unspecified atom stereocenters. The summed E-state index contributed by atoms with van der Waals surface area (Å²) in [5, 5.41) is 22.1. The molecule has 0 aliphatic heterocycles. The molecule has 4 heteroatoms. The third-order valence-corrected chi connectivity index (χ3v) is 4.96. The molecule has 0 heterocycles. The van der Waals surface area contributed by atoms with Crippen molar-refractivity contribution in [3.05, 3.63) is 35.4 Å². The van der Waals surface area contributed by atoms with E-state index in [1.54, 1.807) is 0 Å². The number of hydrogen-bond acceptors (Lipinski definition) is 3. The second-order valence-corrected chi connectivity index (χ2v) is 7.10. The van der Waals surface area contributed by atoms with E-state index in [0.29, 0.717) is 12.3 Å². The molecule has 142 valence electrons. The van der Waals surface area contributed by atoms with Crippen molar-refractivity contribution >= 4 is 5.91 Å². The van der Waals surface area contributed by atoms with Crippen LogP contribution in [-0.4, -0.2) is 34.9 Å². The second-order valence-electron chi connectivity index (χ2n) is 7.10. The van der Waals surface area contributed by atoms with E-state index in [4.69, 9.17) is 0 Å². The molecular formula is C21H35NO3. The van der Waals surface area contributed by atoms with Crippen LogP contribution in [0.4, 0.5) is 0 Å². The van der Waals surface area contributed by atoms with Gasteiger partial charge in [-0.15, -0.1) is 0 Å². The maximum Gasteiger partial charge on any atom is 0.217 e. The molecule has 1 amide bonds. The molecular weight excluding hydrogens is 314 g/mol. The van der Waals surface area contributed by atoms with Gasteiger partial charge in [0.05, 0.1) is 18.8 Å². The van der Waals surface area contributed by atoms with Gasteiger partial charge in [0, 0.05) is 6.92 Å². The fraction of sp³-hybridized carbons (Fsp3) is 0.667. The number of benzene rings is 1. The van der Waals surface area contributed by atoms with Crippen LogP contribution < -0.4 is 5.32 Å². The van der Waals surface area contributed by atoms with Crippen LogP contribution in [0.5, 0.6) is 0 Å². The molecule has 0 aliphatic carbocycles. The van der Waals surface area contributed by atoms with E-state index in [-0.39, 0.29) is 19.1 Å². The first kappa shape index (κ1) is 21.7. The van der Waals surface area contributed by atoms with Gasteiger partial charge in [0.1, 0.15) is 0 Å². The lowest BCUT2D eigenvalue weighted by molar-refractivity contribution is -0.122. The number of nitrogens with one attached hydrogen (secondary N) is 1. The minimum Gasteiger partial charge on any atom is -0.394 e. The molecule has 0 aromatic heterocycles. The summed E-state index contributed by atoms with van der Waals surface area (Å²) in [6, 6.07) is 8.48. The van der Waals surface area contributed by atoms with E-state index in [2.05, 4.69) is 37.4 Å². The second kappa shape index (κ2) is 11.3. The maximum atomic E-state index is 11.4. The Hall–Kier alpha value is -1.39. The van der Waals surface area contributed by atoms with Crippen LogP contribution in [0.15, 0.2) is 24.3 Å². The first-order valence-electron chi connectivity index (χ1n) is 9.60. The molecule has 0 saturated heterocycles. The molecule has 1 rings (SSSR count). The van der Waals surface area contributed by atoms with Crippen LogP contribution in [0.25, 0.3) is 0 Å². The number of carbonyl (C=O) groups is 1. The van der Waals surface area contributed by atoms with Gasteiger partial charge in [-0.05, 0) is 42.7 Å². The highest BCUT2D eigenvalue weighted by atomic mass is 16.3. The summed E-state index contributed by atoms with van der Waals surface area (Å²) in [6.45, 7) is 5.33. The molecule has 0 radical (unpaired) electrons. The minimum absolute atomic E-state index is 0.233. The highest BCUT2D eigenvalue weighted by molar-refractivity contribution is 5.73. The SMILES string of the molecule is CCCCC(CCC)c1ccccc1CCC(CO)(CO)NC(C)=O. The smallest absolute Gasteiger partial charge is 0.217 e. The van der Waals surface area contributed by atoms with Crippen LogP contribution in [0, 0.1) is 0 Å². The van der Waals surface area contributed by atoms with Crippen molar-refractivity contribution in [3.8, 4) is 0 Å². The van der Waals surface area contributed by atoms with Gasteiger partial charge in [0.2, 0.25) is 5.91 Å². The summed E-state index contributed by atoms with van der Waals surface area (Å²) in [7, 11) is 0. The Bertz CT molecular complexity index is 512. The molecule has 0 bridgehead atoms. The normalized spacial score (nSPS) is 12.8. The lowest BCUT2D eigenvalue weighted by Crippen LogP contribution is -2.54. The van der Waals surface area contributed by atoms with Crippen LogP contribution >= 0.6 is 0 Å². The first-order chi connectivity index (χ1) is 12.0. The molecule has 3 N–H and O–H groups in total. The highest BCUT2D eigenvalue weighted by Gasteiger charge is 2.29. The van der Waals surface area contributed by atoms with Gasteiger partial charge in [-0.2, -0.15) is 0 Å². The van der Waals surface area contributed by atoms with Crippen molar-refractivity contribution in [1.82, 2.24) is 5.32 Å². The summed E-state index contributed by atoms with van der Waals surface area (Å²) in [6.07, 6.45) is 7.19. The fourth-order valence-electron chi connectivity index (χ4n) is 3.51. The zero-order valence-electron chi connectivity index (χ0n) is 16.1. The number of carbonyl (C=O) groups excluding carboxylic acids is 1. The Morgan fingerprint density at radius 2 is 1.80 bits per heavy atom. The number of aryl methyl sites for hydroxylation is 1. The predicted molar refractivity (Wildman–Crippen MR) is 103 cm³/mol. The summed E-state index contributed by atoms with van der Waals surface area (Å²) < 4.78 is 0. The molecule has 1 atom stereocenters. The average Bonchev–Trinajstić information content (AvgIpc) is 2.62. The van der Waals surface area contributed by atoms with E-state index in [9.17, 15) is 15.0 Å². The molecule has 0 saturated carbocycles. The largest absolute Gasteiger partial charge is 0.394 e. The van der Waals surface area contributed by atoms with E-state index in [1.165, 1.54) is 43.7 Å². The standard InChI is InChI=1S/C21H35NO3/c1-4-6-10-18(9-5-2)20-12-8-7-11-19(20)13-14-21(15-23,16-24)22-17(3)25/h7-8,11-12,18,23-24H,4-6,9-10,13-16H2,1-3H3,(H,22,25). The van der Waals surface area contributed by atoms with Crippen molar-refractivity contribution < 1.29 is 15.0 Å². The molecule has 0 spiro atoms. The van der Waals surface area contributed by atoms with Gasteiger partial charge in [0.15, 0.2) is 0 Å². The van der Waals surface area contributed by atoms with Gasteiger partial charge in [-0.3, -0.25) is 4.79 Å². The molecule has 4 nitrogen and oxygen atoms in total. The van der Waals surface area contributed by atoms with Crippen molar-refractivity contribution in [2.75, 3.05) is 13.2 Å². The van der Waals surface area contributed by atoms with Crippen LogP contribution in [-0.2, 0) is 11.2 Å². The van der Waals surface area contributed by atoms with Gasteiger partial charge in [0.25, 0.3) is 0 Å². The van der Waals surface area contributed by atoms with E-state index in [1.807, 2.05) is 6.07 Å². The first-order valence-corrected chi connectivity index (χ1v) is 9.60. The topological polar surface area (TPSA) is 69.6 Å². The minimum atomic E-state index is -0.956. The lowest BCUT2D eigenvalue weighted by Gasteiger charge is -2.31. The van der Waals surface area contributed by atoms with Crippen LogP contribution in [0.2, 0.25) is 0 Å². The zero-order valence-corrected chi connectivity index (χ0v) is 16.1. The van der Waals surface area contributed by atoms with Crippen molar-refractivity contribution in [3.63, 3.8) is 0 Å². The third kappa shape index (κ3) is 6.79. The predicted octanol–water partition coefficient (Wildman–Crippen LogP) is 3.55. The van der Waals surface area contributed by atoms with E-state index < -0.39 is 5.54 Å². The van der Waals surface area contributed by atoms with Crippen LogP contribution in [0.3, 0.4) is 0 Å². The number of unbranched alkanes of at least 4 members (excludes halogenated alkanes) is 1. The molecule has 0 aliphatic rings. The van der Waals surface area contributed by atoms with Crippen molar-refractivity contribution in [1.29, 1.82) is 0 Å². The van der Waals surface area contributed by atoms with Gasteiger partial charge in [-0.1, -0.05) is 57.4 Å². The Morgan fingerprint density at radius 3 is 2.36 bits per heavy atom. The quantitative estimate of drug-likeness (QED) is 0.540. The van der Waals surface area contributed by atoms with Gasteiger partial charge >= 0.3 is 0 Å². The number of aliphatic hydroxyl groups excluding tert-OH is 2. The molecule has 0 fully saturated rings. The Balaban J connectivity index is 2.95. The molecule has 1 aromatic carbocycles. The third-order valence-electron chi connectivity index (χ3n) is 4.96. The monoisotopic (exact) mass is 349 g/mol. The van der Waals surface area contributed by atoms with E-state index in [0.717, 1.165) is 12.8 Å². The van der Waals surface area contributed by atoms with E-state index >= 15 is 0 Å². The highest BCUT2D eigenvalue weighted by Crippen LogP contribution is 2.31. The zero-order chi connectivity index (χ0) is 18.7. The summed E-state index contributed by atoms with van der Waals surface area (Å²) in [4.78, 5) is 11.4. The number of hydrogen-bond donors (Lipinski definition) is 3. The van der Waals surface area contributed by atoms with Gasteiger partial charge < -0.3 is 15.5 Å². The molecule has 25 heavy (non-hydrogen) atoms. The van der Waals surface area contributed by atoms with Crippen molar-refractivity contribution in [2.45, 2.75) is 77.2 Å². The number of rotatable bonds is 12. The fourth-order valence-corrected chi connectivity index (χ4v) is 3.51. The molecule has 1 aromatic rings. The summed E-state index contributed by atoms with van der Waals surface area (Å²) >= 11 is 0. The maximum absolute atomic E-state index is 11.4. The Labute approximate surface area is 152 Å². The Morgan fingerprint density at radius 1 is 1.12 bits per heavy atom. The summed E-state index contributed by atoms with van der Waals surface area (Å²) in [5.74, 6) is 0.322. The van der Waals surface area contributed by atoms with Crippen LogP contribution in [0.1, 0.15) is 76.3 Å². The number of aliphatic hydroxyl groups is 2. The van der Waals surface area contributed by atoms with Gasteiger partial charge in [-0.25, -0.2) is 0 Å². The van der Waals surface area contributed by atoms with Crippen molar-refractivity contribution in [2.24, 2.45) is 0 Å². The lowest BCUT2D eigenvalue weighted by atomic mass is 9.83. The average molecular weight is 350 g/mol. The Kier molecular flexibility index (Phi) is 9.76. The summed E-state index contributed by atoms with van der Waals surface area (Å²) in [5.41, 5.74) is 1.68. The number of amides is 1.